The van der Waals surface area contributed by atoms with Crippen LogP contribution in [0.15, 0.2) is 24.5 Å². The minimum atomic E-state index is -0.309. The molecule has 5 nitrogen and oxygen atoms in total. The van der Waals surface area contributed by atoms with Gasteiger partial charge in [0.25, 0.3) is 0 Å². The zero-order valence-corrected chi connectivity index (χ0v) is 18.8. The molecule has 2 aromatic rings. The highest BCUT2D eigenvalue weighted by molar-refractivity contribution is 6.74. The highest BCUT2D eigenvalue weighted by Gasteiger charge is 2.49. The Morgan fingerprint density at radius 2 is 1.72 bits per heavy atom. The number of nitrogens with zero attached hydrogens (tertiary/aromatic N) is 2. The van der Waals surface area contributed by atoms with Gasteiger partial charge in [-0.25, -0.2) is 9.97 Å². The normalized spacial score (nSPS) is 23.6. The van der Waals surface area contributed by atoms with Crippen molar-refractivity contribution in [1.82, 2.24) is 15.4 Å². The predicted molar refractivity (Wildman–Crippen MR) is 120 cm³/mol. The summed E-state index contributed by atoms with van der Waals surface area (Å²) in [6.07, 6.45) is 3.97. The van der Waals surface area contributed by atoms with E-state index in [1.54, 1.807) is 13.4 Å². The van der Waals surface area contributed by atoms with Gasteiger partial charge in [0, 0.05) is 16.5 Å². The SMILES string of the molecule is CONC1c2cc(B3CC(C)(C)C(C)(C)C3)ccc2-c2ncnc(N)c2C1(C)C. The van der Waals surface area contributed by atoms with E-state index < -0.39 is 0 Å². The van der Waals surface area contributed by atoms with Gasteiger partial charge in [-0.05, 0) is 16.4 Å². The summed E-state index contributed by atoms with van der Waals surface area (Å²) in [5.41, 5.74) is 15.5. The molecular formula is C23H33BN4O. The highest BCUT2D eigenvalue weighted by atomic mass is 16.6. The van der Waals surface area contributed by atoms with Crippen molar-refractivity contribution in [3.8, 4) is 11.3 Å². The van der Waals surface area contributed by atoms with E-state index in [1.807, 2.05) is 0 Å². The lowest BCUT2D eigenvalue weighted by Gasteiger charge is -2.41. The van der Waals surface area contributed by atoms with Crippen molar-refractivity contribution < 1.29 is 4.84 Å². The van der Waals surface area contributed by atoms with Crippen LogP contribution in [0.25, 0.3) is 11.3 Å². The van der Waals surface area contributed by atoms with E-state index in [4.69, 9.17) is 10.6 Å². The second-order valence-corrected chi connectivity index (χ2v) is 10.7. The molecule has 2 aliphatic rings. The molecule has 1 saturated heterocycles. The van der Waals surface area contributed by atoms with Crippen LogP contribution >= 0.6 is 0 Å². The van der Waals surface area contributed by atoms with Crippen LogP contribution in [0, 0.1) is 10.8 Å². The second kappa shape index (κ2) is 6.54. The van der Waals surface area contributed by atoms with Gasteiger partial charge in [0.05, 0.1) is 18.8 Å². The summed E-state index contributed by atoms with van der Waals surface area (Å²) in [4.78, 5) is 14.3. The molecule has 1 aromatic heterocycles. The van der Waals surface area contributed by atoms with Crippen molar-refractivity contribution in [3.05, 3.63) is 35.7 Å². The molecule has 1 aliphatic carbocycles. The van der Waals surface area contributed by atoms with Gasteiger partial charge in [-0.2, -0.15) is 5.48 Å². The number of anilines is 1. The molecule has 1 atom stereocenters. The fourth-order valence-electron chi connectivity index (χ4n) is 5.48. The third-order valence-electron chi connectivity index (χ3n) is 7.94. The standard InChI is InChI=1S/C23H33BN4O/c1-21(2)11-24(12-22(21,3)4)14-8-9-15-16(10-14)19(28-29-7)23(5,6)17-18(15)26-13-27-20(17)25/h8-10,13,19,28H,11-12H2,1-7H3,(H2,25,26,27). The number of hydrogen-bond acceptors (Lipinski definition) is 5. The Kier molecular flexibility index (Phi) is 4.59. The summed E-state index contributed by atoms with van der Waals surface area (Å²) in [6, 6.07) is 6.83. The van der Waals surface area contributed by atoms with Gasteiger partial charge >= 0.3 is 0 Å². The summed E-state index contributed by atoms with van der Waals surface area (Å²) in [5.74, 6) is 0.539. The third-order valence-corrected chi connectivity index (χ3v) is 7.94. The molecule has 1 unspecified atom stereocenters. The smallest absolute Gasteiger partial charge is 0.176 e. The summed E-state index contributed by atoms with van der Waals surface area (Å²) in [6.45, 7) is 14.5. The van der Waals surface area contributed by atoms with E-state index in [1.165, 1.54) is 23.7 Å². The Morgan fingerprint density at radius 1 is 1.07 bits per heavy atom. The molecule has 1 aromatic carbocycles. The summed E-state index contributed by atoms with van der Waals surface area (Å²) >= 11 is 0. The predicted octanol–water partition coefficient (Wildman–Crippen LogP) is 3.98. The lowest BCUT2D eigenvalue weighted by Crippen LogP contribution is -2.42. The molecule has 1 fully saturated rings. The summed E-state index contributed by atoms with van der Waals surface area (Å²) in [5, 5.41) is 0. The molecule has 154 valence electrons. The fraction of sp³-hybridized carbons (Fsp3) is 0.565. The summed E-state index contributed by atoms with van der Waals surface area (Å²) < 4.78 is 0. The number of benzene rings is 1. The maximum absolute atomic E-state index is 6.30. The van der Waals surface area contributed by atoms with Gasteiger partial charge in [-0.3, -0.25) is 0 Å². The van der Waals surface area contributed by atoms with Crippen LogP contribution in [0.5, 0.6) is 0 Å². The maximum atomic E-state index is 6.30. The van der Waals surface area contributed by atoms with Gasteiger partial charge in [0.2, 0.25) is 0 Å². The maximum Gasteiger partial charge on any atom is 0.176 e. The van der Waals surface area contributed by atoms with E-state index in [-0.39, 0.29) is 11.5 Å². The van der Waals surface area contributed by atoms with Crippen LogP contribution in [0.2, 0.25) is 12.6 Å². The van der Waals surface area contributed by atoms with Crippen LogP contribution in [-0.2, 0) is 10.3 Å². The molecule has 0 radical (unpaired) electrons. The molecule has 1 aliphatic heterocycles. The molecule has 4 rings (SSSR count). The van der Waals surface area contributed by atoms with Crippen molar-refractivity contribution in [2.45, 2.75) is 65.6 Å². The number of nitrogen functional groups attached to an aromatic ring is 1. The van der Waals surface area contributed by atoms with Crippen LogP contribution < -0.4 is 16.7 Å². The minimum Gasteiger partial charge on any atom is -0.383 e. The topological polar surface area (TPSA) is 73.1 Å². The van der Waals surface area contributed by atoms with Crippen LogP contribution in [-0.4, -0.2) is 23.8 Å². The van der Waals surface area contributed by atoms with Crippen molar-refractivity contribution in [1.29, 1.82) is 0 Å². The largest absolute Gasteiger partial charge is 0.383 e. The van der Waals surface area contributed by atoms with Crippen molar-refractivity contribution in [2.75, 3.05) is 12.8 Å². The Bertz CT molecular complexity index is 938. The van der Waals surface area contributed by atoms with Crippen molar-refractivity contribution in [3.63, 3.8) is 0 Å². The number of rotatable bonds is 3. The van der Waals surface area contributed by atoms with Gasteiger partial charge in [-0.1, -0.05) is 77.8 Å². The number of hydrogen-bond donors (Lipinski definition) is 2. The first-order valence-corrected chi connectivity index (χ1v) is 10.5. The fourth-order valence-corrected chi connectivity index (χ4v) is 5.48. The first kappa shape index (κ1) is 20.4. The number of nitrogens with two attached hydrogens (primary N) is 1. The van der Waals surface area contributed by atoms with Crippen molar-refractivity contribution in [2.24, 2.45) is 10.8 Å². The third kappa shape index (κ3) is 2.99. The number of aromatic nitrogens is 2. The Hall–Kier alpha value is -1.92. The zero-order chi connectivity index (χ0) is 21.2. The molecule has 0 saturated carbocycles. The van der Waals surface area contributed by atoms with Crippen molar-refractivity contribution >= 4 is 18.0 Å². The average Bonchev–Trinajstić information content (AvgIpc) is 2.85. The zero-order valence-electron chi connectivity index (χ0n) is 18.8. The lowest BCUT2D eigenvalue weighted by atomic mass is 9.42. The molecule has 0 bridgehead atoms. The average molecular weight is 392 g/mol. The van der Waals surface area contributed by atoms with E-state index in [0.29, 0.717) is 23.4 Å². The molecule has 29 heavy (non-hydrogen) atoms. The Labute approximate surface area is 174 Å². The highest BCUT2D eigenvalue weighted by Crippen LogP contribution is 2.53. The van der Waals surface area contributed by atoms with E-state index >= 15 is 0 Å². The first-order valence-electron chi connectivity index (χ1n) is 10.5. The molecular weight excluding hydrogens is 359 g/mol. The van der Waals surface area contributed by atoms with E-state index in [0.717, 1.165) is 16.8 Å². The van der Waals surface area contributed by atoms with Gasteiger partial charge in [0.1, 0.15) is 12.1 Å². The number of hydroxylamine groups is 1. The molecule has 6 heteroatoms. The van der Waals surface area contributed by atoms with E-state index in [2.05, 4.69) is 75.2 Å². The Balaban J connectivity index is 1.86. The second-order valence-electron chi connectivity index (χ2n) is 10.7. The molecule has 0 spiro atoms. The van der Waals surface area contributed by atoms with Crippen LogP contribution in [0.3, 0.4) is 0 Å². The first-order chi connectivity index (χ1) is 13.5. The van der Waals surface area contributed by atoms with Gasteiger partial charge < -0.3 is 10.6 Å². The van der Waals surface area contributed by atoms with E-state index in [9.17, 15) is 0 Å². The quantitative estimate of drug-likeness (QED) is 0.611. The van der Waals surface area contributed by atoms with Gasteiger partial charge in [-0.15, -0.1) is 0 Å². The van der Waals surface area contributed by atoms with Gasteiger partial charge in [0.15, 0.2) is 6.71 Å². The Morgan fingerprint density at radius 3 is 2.34 bits per heavy atom. The monoisotopic (exact) mass is 392 g/mol. The minimum absolute atomic E-state index is 0.0364. The van der Waals surface area contributed by atoms with Crippen LogP contribution in [0.4, 0.5) is 5.82 Å². The molecule has 0 amide bonds. The molecule has 3 N–H and O–H groups in total. The lowest BCUT2D eigenvalue weighted by molar-refractivity contribution is 0.0370. The van der Waals surface area contributed by atoms with Crippen LogP contribution in [0.1, 0.15) is 58.7 Å². The molecule has 2 heterocycles. The number of fused-ring (bicyclic) bond motifs is 3. The number of nitrogens with one attached hydrogen (secondary N) is 1. The summed E-state index contributed by atoms with van der Waals surface area (Å²) in [7, 11) is 1.67.